The van der Waals surface area contributed by atoms with Crippen LogP contribution in [0.3, 0.4) is 0 Å². The SMILES string of the molecule is Cc1c(-c2ccc(N3CCc4cccc(C(=O)Nc5nc6ccccc6s5)c4C3)nc2C(=O)O)cnn1CC12CC3(C)CC(C)(CC(CCCN(CCS(=O)(=O)O)C(=O)OCc4ccc(NC(=O)[C@H](CCCNC(N)=O)NC(=O)C(NC(=O)CCCCCN5C(=O)C=CC5=O)C(C)C)cc4)(C3)C1)C2. The molecule has 27 nitrogen and oxygen atoms in total. The van der Waals surface area contributed by atoms with E-state index in [0.29, 0.717) is 90.6 Å². The molecular weight excluding hydrogens is 1360 g/mol. The highest BCUT2D eigenvalue weighted by Gasteiger charge is 2.65. The number of fused-ring (bicyclic) bond motifs is 2. The van der Waals surface area contributed by atoms with E-state index in [9.17, 15) is 61.2 Å². The van der Waals surface area contributed by atoms with E-state index in [1.165, 1.54) is 28.4 Å². The lowest BCUT2D eigenvalue weighted by molar-refractivity contribution is -0.198. The Morgan fingerprint density at radius 2 is 1.51 bits per heavy atom. The standard InChI is InChI=1S/C74H91N13O14S2/c1-46(2)62(82-59(88)19-7-6-10-32-86-60(89)26-27-61(86)90)66(93)79-56(17-12-30-76-68(75)96)65(92)78-50-22-20-48(21-23-50)38-101-70(97)84(34-35-103(98,99)100)31-13-29-73-40-71(4)39-72(5,41-73)43-74(42-71,44-73)45-87-47(3)53(36-77-87)51-24-25-58(81-63(51)67(94)95)85-33-28-49-14-11-15-52(54(49)37-85)64(91)83-69-80-55-16-8-9-18-57(55)102-69/h8-9,11,14-16,18,20-27,36,46,56,62H,6-7,10,12-13,17,19,28-35,37-45H2,1-5H3,(H,78,92)(H,79,93)(H,82,88)(H,94,95)(H3,75,76,96)(H,80,83,91)(H,98,99,100)/t56-,62?,71?,72?,73?,74?/m0/s1. The largest absolute Gasteiger partial charge is 0.476 e. The minimum atomic E-state index is -4.47. The lowest BCUT2D eigenvalue weighted by atomic mass is 9.35. The van der Waals surface area contributed by atoms with Gasteiger partial charge in [0.15, 0.2) is 10.8 Å². The number of hydrogen-bond donors (Lipinski definition) is 8. The van der Waals surface area contributed by atoms with Gasteiger partial charge < -0.3 is 46.6 Å². The van der Waals surface area contributed by atoms with E-state index in [2.05, 4.69) is 45.4 Å². The summed E-state index contributed by atoms with van der Waals surface area (Å²) in [6.07, 6.45) is 13.1. The molecule has 548 valence electrons. The molecule has 4 saturated carbocycles. The Kier molecular flexibility index (Phi) is 22.6. The smallest absolute Gasteiger partial charge is 0.410 e. The second kappa shape index (κ2) is 31.2. The number of unbranched alkanes of at least 4 members (excludes halogenated alkanes) is 2. The number of nitrogens with one attached hydrogen (secondary N) is 5. The van der Waals surface area contributed by atoms with Crippen molar-refractivity contribution >= 4 is 102 Å². The van der Waals surface area contributed by atoms with Crippen LogP contribution in [0.4, 0.5) is 26.2 Å². The third kappa shape index (κ3) is 18.2. The highest BCUT2D eigenvalue weighted by molar-refractivity contribution is 7.85. The highest BCUT2D eigenvalue weighted by Crippen LogP contribution is 2.75. The fourth-order valence-electron chi connectivity index (χ4n) is 17.4. The Morgan fingerprint density at radius 3 is 2.21 bits per heavy atom. The number of thiazole rings is 1. The molecule has 0 spiro atoms. The van der Waals surface area contributed by atoms with Gasteiger partial charge in [0.25, 0.3) is 27.8 Å². The van der Waals surface area contributed by atoms with Crippen molar-refractivity contribution in [1.29, 1.82) is 0 Å². The van der Waals surface area contributed by atoms with Gasteiger partial charge in [-0.05, 0) is 177 Å². The first-order chi connectivity index (χ1) is 49.0. The Labute approximate surface area is 602 Å². The summed E-state index contributed by atoms with van der Waals surface area (Å²) in [7, 11) is -4.47. The topological polar surface area (TPSA) is 377 Å². The molecule has 12 rings (SSSR count). The second-order valence-electron chi connectivity index (χ2n) is 29.8. The predicted molar refractivity (Wildman–Crippen MR) is 387 cm³/mol. The van der Waals surface area contributed by atoms with Gasteiger partial charge in [0.05, 0.1) is 22.2 Å². The number of nitrogens with zero attached hydrogens (tertiary/aromatic N) is 7. The predicted octanol–water partition coefficient (Wildman–Crippen LogP) is 9.55. The Bertz CT molecular complexity index is 4330. The summed E-state index contributed by atoms with van der Waals surface area (Å²) in [6.45, 7) is 11.7. The molecule has 2 aliphatic heterocycles. The number of carbonyl (C=O) groups excluding carboxylic acids is 8. The van der Waals surface area contributed by atoms with Crippen LogP contribution >= 0.6 is 11.3 Å². The summed E-state index contributed by atoms with van der Waals surface area (Å²) in [6, 6.07) is 20.6. The zero-order valence-corrected chi connectivity index (χ0v) is 60.4. The quantitative estimate of drug-likeness (QED) is 0.0111. The molecule has 5 heterocycles. The number of pyridine rings is 1. The van der Waals surface area contributed by atoms with Crippen LogP contribution in [0.5, 0.6) is 0 Å². The number of rotatable bonds is 32. The Balaban J connectivity index is 0.698. The summed E-state index contributed by atoms with van der Waals surface area (Å²) in [4.78, 5) is 131. The number of anilines is 3. The lowest BCUT2D eigenvalue weighted by Gasteiger charge is -2.70. The number of carboxylic acids is 1. The summed E-state index contributed by atoms with van der Waals surface area (Å²) >= 11 is 1.40. The molecule has 0 saturated heterocycles. The number of aromatic carboxylic acids is 1. The summed E-state index contributed by atoms with van der Waals surface area (Å²) < 4.78 is 42.9. The molecule has 0 radical (unpaired) electrons. The third-order valence-corrected chi connectivity index (χ3v) is 22.4. The molecule has 3 aromatic carbocycles. The maximum absolute atomic E-state index is 14.0. The number of nitrogens with two attached hydrogens (primary N) is 1. The normalized spacial score (nSPS) is 20.9. The molecule has 6 aromatic rings. The molecule has 29 heteroatoms. The minimum Gasteiger partial charge on any atom is -0.476 e. The number of amides is 9. The lowest BCUT2D eigenvalue weighted by Crippen LogP contribution is -2.60. The molecule has 4 aliphatic carbocycles. The van der Waals surface area contributed by atoms with Crippen LogP contribution in [-0.4, -0.2) is 152 Å². The van der Waals surface area contributed by atoms with Crippen LogP contribution in [-0.2, 0) is 64.9 Å². The molecule has 4 atom stereocenters. The van der Waals surface area contributed by atoms with E-state index in [1.54, 1.807) is 56.4 Å². The minimum absolute atomic E-state index is 0.00656. The molecule has 3 unspecified atom stereocenters. The highest BCUT2D eigenvalue weighted by atomic mass is 32.2. The van der Waals surface area contributed by atoms with Crippen LogP contribution in [0.25, 0.3) is 21.3 Å². The van der Waals surface area contributed by atoms with Crippen LogP contribution in [0, 0.1) is 34.5 Å². The van der Waals surface area contributed by atoms with Crippen molar-refractivity contribution in [3.05, 3.63) is 131 Å². The van der Waals surface area contributed by atoms with Crippen molar-refractivity contribution in [1.82, 2.24) is 45.5 Å². The molecule has 9 amide bonds. The Hall–Kier alpha value is -9.61. The van der Waals surface area contributed by atoms with Gasteiger partial charge in [0, 0.05) is 92.5 Å². The number of imide groups is 1. The number of para-hydroxylation sites is 1. The molecule has 9 N–H and O–H groups in total. The number of carboxylic acid groups (broad SMARTS) is 1. The van der Waals surface area contributed by atoms with Gasteiger partial charge in [-0.25, -0.2) is 24.4 Å². The molecule has 4 fully saturated rings. The summed E-state index contributed by atoms with van der Waals surface area (Å²) in [5.41, 5.74) is 10.9. The molecule has 3 aromatic heterocycles. The van der Waals surface area contributed by atoms with Crippen molar-refractivity contribution in [2.45, 2.75) is 163 Å². The van der Waals surface area contributed by atoms with Gasteiger partial charge in [0.2, 0.25) is 17.7 Å². The second-order valence-corrected chi connectivity index (χ2v) is 32.4. The van der Waals surface area contributed by atoms with E-state index in [1.807, 2.05) is 59.0 Å². The van der Waals surface area contributed by atoms with E-state index < -0.39 is 63.8 Å². The number of primary amides is 1. The average molecular weight is 1450 g/mol. The van der Waals surface area contributed by atoms with Crippen molar-refractivity contribution < 1.29 is 66.0 Å². The van der Waals surface area contributed by atoms with Crippen molar-refractivity contribution in [3.8, 4) is 11.1 Å². The van der Waals surface area contributed by atoms with Crippen LogP contribution in [0.15, 0.2) is 97.2 Å². The van der Waals surface area contributed by atoms with Crippen LogP contribution in [0.2, 0.25) is 0 Å². The zero-order chi connectivity index (χ0) is 73.6. The van der Waals surface area contributed by atoms with Crippen LogP contribution in [0.1, 0.15) is 161 Å². The van der Waals surface area contributed by atoms with E-state index in [0.717, 1.165) is 76.9 Å². The number of ether oxygens (including phenoxy) is 1. The number of carbonyl (C=O) groups is 9. The van der Waals surface area contributed by atoms with Crippen molar-refractivity contribution in [2.75, 3.05) is 54.0 Å². The first-order valence-corrected chi connectivity index (χ1v) is 37.6. The van der Waals surface area contributed by atoms with Crippen molar-refractivity contribution in [2.24, 2.45) is 33.3 Å². The van der Waals surface area contributed by atoms with Gasteiger partial charge in [-0.15, -0.1) is 0 Å². The molecular formula is C74H91N13O14S2. The third-order valence-electron chi connectivity index (χ3n) is 20.8. The summed E-state index contributed by atoms with van der Waals surface area (Å²) in [5, 5.41) is 30.0. The van der Waals surface area contributed by atoms with Gasteiger partial charge in [0.1, 0.15) is 24.5 Å². The molecule has 4 bridgehead atoms. The Morgan fingerprint density at radius 1 is 0.786 bits per heavy atom. The van der Waals surface area contributed by atoms with Crippen molar-refractivity contribution in [3.63, 3.8) is 0 Å². The van der Waals surface area contributed by atoms with Gasteiger partial charge in [-0.2, -0.15) is 13.5 Å². The van der Waals surface area contributed by atoms with Crippen LogP contribution < -0.4 is 37.2 Å². The first kappa shape index (κ1) is 74.6. The van der Waals surface area contributed by atoms with Gasteiger partial charge in [-0.1, -0.05) is 81.9 Å². The fourth-order valence-corrected chi connectivity index (χ4v) is 18.7. The van der Waals surface area contributed by atoms with Gasteiger partial charge in [-0.3, -0.25) is 48.2 Å². The fraction of sp³-hybridized carbons (Fsp3) is 0.486. The number of urea groups is 1. The van der Waals surface area contributed by atoms with E-state index >= 15 is 0 Å². The monoisotopic (exact) mass is 1450 g/mol. The average Bonchev–Trinajstić information content (AvgIpc) is 0.708. The van der Waals surface area contributed by atoms with E-state index in [-0.39, 0.29) is 103 Å². The maximum atomic E-state index is 14.0. The maximum Gasteiger partial charge on any atom is 0.410 e. The number of hydrogen-bond acceptors (Lipinski definition) is 17. The number of aromatic nitrogens is 4. The number of benzene rings is 3. The van der Waals surface area contributed by atoms with E-state index in [4.69, 9.17) is 20.6 Å². The molecule has 6 aliphatic rings. The molecule has 103 heavy (non-hydrogen) atoms. The van der Waals surface area contributed by atoms with Gasteiger partial charge >= 0.3 is 18.1 Å². The zero-order valence-electron chi connectivity index (χ0n) is 58.8. The summed E-state index contributed by atoms with van der Waals surface area (Å²) in [5.74, 6) is -4.39. The first-order valence-electron chi connectivity index (χ1n) is 35.2.